The first-order valence-electron chi connectivity index (χ1n) is 11.6. The topological polar surface area (TPSA) is 70.4 Å². The molecule has 38 heavy (non-hydrogen) atoms. The molecule has 1 aliphatic rings. The molecule has 1 aromatic heterocycles. The Morgan fingerprint density at radius 2 is 1.74 bits per heavy atom. The maximum absolute atomic E-state index is 14.4. The van der Waals surface area contributed by atoms with Crippen LogP contribution in [0, 0.1) is 17.5 Å². The van der Waals surface area contributed by atoms with Gasteiger partial charge in [0.05, 0.1) is 23.8 Å². The summed E-state index contributed by atoms with van der Waals surface area (Å²) in [5, 5.41) is 15.6. The number of nitrogens with one attached hydrogen (secondary N) is 1. The third-order valence-corrected chi connectivity index (χ3v) is 6.51. The average molecular weight is 534 g/mol. The van der Waals surface area contributed by atoms with Crippen LogP contribution < -0.4 is 10.2 Å². The zero-order valence-electron chi connectivity index (χ0n) is 19.6. The number of amides is 1. The van der Waals surface area contributed by atoms with Gasteiger partial charge in [-0.3, -0.25) is 4.68 Å². The van der Waals surface area contributed by atoms with Gasteiger partial charge in [-0.1, -0.05) is 24.3 Å². The molecule has 0 saturated carbocycles. The van der Waals surface area contributed by atoms with Crippen molar-refractivity contribution in [1.82, 2.24) is 15.1 Å². The largest absolute Gasteiger partial charge is 0.465 e. The molecule has 0 bridgehead atoms. The van der Waals surface area contributed by atoms with Gasteiger partial charge in [0.25, 0.3) is 0 Å². The highest BCUT2D eigenvalue weighted by Gasteiger charge is 2.35. The molecule has 5 rings (SSSR count). The van der Waals surface area contributed by atoms with Gasteiger partial charge in [0.15, 0.2) is 0 Å². The molecule has 0 radical (unpaired) electrons. The van der Waals surface area contributed by atoms with E-state index in [2.05, 4.69) is 10.4 Å². The maximum atomic E-state index is 14.4. The van der Waals surface area contributed by atoms with Crippen LogP contribution in [-0.2, 0) is 12.7 Å². The molecular formula is C26H20F6N4O2. The summed E-state index contributed by atoms with van der Waals surface area (Å²) in [6, 6.07) is 11.1. The number of hydrogen-bond acceptors (Lipinski definition) is 3. The molecule has 12 heteroatoms. The minimum absolute atomic E-state index is 0.127. The Bertz CT molecular complexity index is 1490. The summed E-state index contributed by atoms with van der Waals surface area (Å²) in [5.74, 6) is -3.48. The number of anilines is 1. The number of carbonyl (C=O) groups is 1. The van der Waals surface area contributed by atoms with E-state index >= 15 is 0 Å². The number of aromatic nitrogens is 2. The van der Waals surface area contributed by atoms with Gasteiger partial charge in [-0.25, -0.2) is 18.0 Å². The predicted octanol–water partition coefficient (Wildman–Crippen LogP) is 6.03. The minimum atomic E-state index is -4.72. The number of hydrogen-bond donors (Lipinski definition) is 2. The molecular weight excluding hydrogens is 514 g/mol. The number of benzene rings is 3. The van der Waals surface area contributed by atoms with Gasteiger partial charge in [0.1, 0.15) is 23.0 Å². The number of carboxylic acid groups (broad SMARTS) is 1. The molecule has 4 aromatic rings. The van der Waals surface area contributed by atoms with Crippen molar-refractivity contribution in [2.45, 2.75) is 25.2 Å². The van der Waals surface area contributed by atoms with Gasteiger partial charge >= 0.3 is 12.3 Å². The van der Waals surface area contributed by atoms with Crippen LogP contribution in [0.2, 0.25) is 0 Å². The van der Waals surface area contributed by atoms with E-state index in [-0.39, 0.29) is 22.6 Å². The quantitative estimate of drug-likeness (QED) is 0.307. The van der Waals surface area contributed by atoms with Gasteiger partial charge in [-0.2, -0.15) is 18.3 Å². The third-order valence-electron chi connectivity index (χ3n) is 6.51. The van der Waals surface area contributed by atoms with Crippen molar-refractivity contribution in [3.05, 3.63) is 83.2 Å². The van der Waals surface area contributed by atoms with Gasteiger partial charge in [-0.05, 0) is 24.6 Å². The molecule has 2 heterocycles. The van der Waals surface area contributed by atoms with Crippen molar-refractivity contribution < 1.29 is 36.2 Å². The highest BCUT2D eigenvalue weighted by molar-refractivity contribution is 5.95. The Morgan fingerprint density at radius 1 is 1.05 bits per heavy atom. The molecule has 1 amide bonds. The minimum Gasteiger partial charge on any atom is -0.465 e. The Kier molecular flexibility index (Phi) is 6.41. The lowest BCUT2D eigenvalue weighted by Crippen LogP contribution is -2.35. The lowest BCUT2D eigenvalue weighted by molar-refractivity contribution is -0.136. The smallest absolute Gasteiger partial charge is 0.418 e. The summed E-state index contributed by atoms with van der Waals surface area (Å²) in [4.78, 5) is 12.9. The van der Waals surface area contributed by atoms with Crippen molar-refractivity contribution in [3.63, 3.8) is 0 Å². The zero-order chi connectivity index (χ0) is 27.2. The summed E-state index contributed by atoms with van der Waals surface area (Å²) in [6.07, 6.45) is -5.22. The maximum Gasteiger partial charge on any atom is 0.418 e. The van der Waals surface area contributed by atoms with Crippen LogP contribution in [0.4, 0.5) is 36.8 Å². The molecule has 1 aliphatic heterocycles. The van der Waals surface area contributed by atoms with E-state index in [1.807, 2.05) is 4.90 Å². The van der Waals surface area contributed by atoms with Crippen LogP contribution >= 0.6 is 0 Å². The number of rotatable bonds is 5. The zero-order valence-corrected chi connectivity index (χ0v) is 19.6. The predicted molar refractivity (Wildman–Crippen MR) is 127 cm³/mol. The Balaban J connectivity index is 1.57. The van der Waals surface area contributed by atoms with Crippen LogP contribution in [0.1, 0.15) is 17.5 Å². The fraction of sp³-hybridized carbons (Fsp3) is 0.231. The fourth-order valence-electron chi connectivity index (χ4n) is 4.79. The van der Waals surface area contributed by atoms with Gasteiger partial charge in [0.2, 0.25) is 0 Å². The van der Waals surface area contributed by atoms with Crippen molar-refractivity contribution >= 4 is 22.7 Å². The first-order chi connectivity index (χ1) is 18.0. The number of nitrogens with zero attached hydrogens (tertiary/aromatic N) is 3. The van der Waals surface area contributed by atoms with Crippen LogP contribution in [0.3, 0.4) is 0 Å². The second-order valence-electron chi connectivity index (χ2n) is 8.98. The number of halogens is 6. The molecule has 1 atom stereocenters. The van der Waals surface area contributed by atoms with Gasteiger partial charge < -0.3 is 15.3 Å². The summed E-state index contributed by atoms with van der Waals surface area (Å²) in [6.45, 7) is 0.476. The van der Waals surface area contributed by atoms with Gasteiger partial charge in [0, 0.05) is 47.4 Å². The van der Waals surface area contributed by atoms with Crippen molar-refractivity contribution in [3.8, 4) is 11.3 Å². The van der Waals surface area contributed by atoms with Crippen LogP contribution in [0.15, 0.2) is 54.6 Å². The Hall–Kier alpha value is -4.22. The van der Waals surface area contributed by atoms with Crippen molar-refractivity contribution in [1.29, 1.82) is 0 Å². The lowest BCUT2D eigenvalue weighted by atomic mass is 10.0. The van der Waals surface area contributed by atoms with E-state index in [4.69, 9.17) is 5.11 Å². The second-order valence-corrected chi connectivity index (χ2v) is 8.98. The van der Waals surface area contributed by atoms with E-state index < -0.39 is 47.4 Å². The van der Waals surface area contributed by atoms with Crippen LogP contribution in [0.25, 0.3) is 22.2 Å². The van der Waals surface area contributed by atoms with E-state index in [0.717, 1.165) is 16.4 Å². The highest BCUT2D eigenvalue weighted by Crippen LogP contribution is 2.39. The summed E-state index contributed by atoms with van der Waals surface area (Å²) >= 11 is 0. The molecule has 0 spiro atoms. The van der Waals surface area contributed by atoms with Crippen LogP contribution in [0.5, 0.6) is 0 Å². The average Bonchev–Trinajstić information content (AvgIpc) is 3.44. The Labute approximate surface area is 212 Å². The molecule has 1 saturated heterocycles. The highest BCUT2D eigenvalue weighted by atomic mass is 19.4. The molecule has 6 nitrogen and oxygen atoms in total. The summed E-state index contributed by atoms with van der Waals surface area (Å²) in [7, 11) is 0. The Morgan fingerprint density at radius 3 is 2.37 bits per heavy atom. The van der Waals surface area contributed by atoms with E-state index in [1.54, 1.807) is 24.3 Å². The standard InChI is InChI=1S/C26H20F6N4O2/c27-15-10-21(28)19(22(29)11-15)13-36-24(18-2-1-3-20(23(18)34-36)26(30,31)32)14-4-6-17(7-5-14)35-9-8-16(12-35)33-25(37)38/h1-7,10-11,16,33H,8-9,12-13H2,(H,37,38)/t16-/m1/s1. The van der Waals surface area contributed by atoms with Crippen molar-refractivity contribution in [2.75, 3.05) is 18.0 Å². The van der Waals surface area contributed by atoms with Gasteiger partial charge in [-0.15, -0.1) is 0 Å². The normalized spacial score (nSPS) is 15.8. The number of fused-ring (bicyclic) bond motifs is 1. The third kappa shape index (κ3) is 4.85. The van der Waals surface area contributed by atoms with Crippen molar-refractivity contribution in [2.24, 2.45) is 0 Å². The second kappa shape index (κ2) is 9.58. The number of alkyl halides is 3. The molecule has 0 unspecified atom stereocenters. The molecule has 1 fully saturated rings. The first kappa shape index (κ1) is 25.4. The monoisotopic (exact) mass is 534 g/mol. The van der Waals surface area contributed by atoms with E-state index in [1.165, 1.54) is 12.1 Å². The first-order valence-corrected chi connectivity index (χ1v) is 11.6. The lowest BCUT2D eigenvalue weighted by Gasteiger charge is -2.19. The molecule has 2 N–H and O–H groups in total. The molecule has 0 aliphatic carbocycles. The molecule has 198 valence electrons. The molecule has 3 aromatic carbocycles. The summed E-state index contributed by atoms with van der Waals surface area (Å²) in [5.41, 5.74) is -0.513. The van der Waals surface area contributed by atoms with Crippen LogP contribution in [-0.4, -0.2) is 40.1 Å². The van der Waals surface area contributed by atoms with E-state index in [0.29, 0.717) is 37.2 Å². The fourth-order valence-corrected chi connectivity index (χ4v) is 4.79. The van der Waals surface area contributed by atoms with E-state index in [9.17, 15) is 31.1 Å². The summed E-state index contributed by atoms with van der Waals surface area (Å²) < 4.78 is 84.6. The SMILES string of the molecule is O=C(O)N[C@@H]1CCN(c2ccc(-c3c4cccc(C(F)(F)F)c4nn3Cc3c(F)cc(F)cc3F)cc2)C1.